The van der Waals surface area contributed by atoms with Crippen LogP contribution in [0.1, 0.15) is 91.7 Å². The van der Waals surface area contributed by atoms with Gasteiger partial charge in [-0.25, -0.2) is 0 Å². The van der Waals surface area contributed by atoms with Crippen molar-refractivity contribution in [3.05, 3.63) is 22.8 Å². The fourth-order valence-electron chi connectivity index (χ4n) is 3.02. The summed E-state index contributed by atoms with van der Waals surface area (Å²) in [7, 11) is 0. The third-order valence-corrected chi connectivity index (χ3v) is 5.64. The van der Waals surface area contributed by atoms with Gasteiger partial charge in [0.25, 0.3) is 0 Å². The molecule has 23 heavy (non-hydrogen) atoms. The smallest absolute Gasteiger partial charge is 0.123 e. The summed E-state index contributed by atoms with van der Waals surface area (Å²) < 4.78 is 0. The maximum absolute atomic E-state index is 10.5. The molecule has 0 amide bonds. The Labute approximate surface area is 157 Å². The molecule has 1 rings (SSSR count). The van der Waals surface area contributed by atoms with Gasteiger partial charge in [-0.1, -0.05) is 40.0 Å². The van der Waals surface area contributed by atoms with Crippen LogP contribution in [0.3, 0.4) is 0 Å². The van der Waals surface area contributed by atoms with Crippen LogP contribution in [0.2, 0.25) is 0 Å². The highest BCUT2D eigenvalue weighted by Crippen LogP contribution is 2.49. The van der Waals surface area contributed by atoms with Crippen molar-refractivity contribution < 1.29 is 10.2 Å². The number of benzene rings is 1. The Morgan fingerprint density at radius 2 is 1.00 bits per heavy atom. The largest absolute Gasteiger partial charge is 0.507 e. The lowest BCUT2D eigenvalue weighted by Gasteiger charge is -2.27. The minimum absolute atomic E-state index is 0.0407. The molecule has 0 aliphatic heterocycles. The predicted octanol–water partition coefficient (Wildman–Crippen LogP) is 6.41. The summed E-state index contributed by atoms with van der Waals surface area (Å²) in [5, 5.41) is 20.7. The molecule has 0 bridgehead atoms. The van der Waals surface area contributed by atoms with Crippen molar-refractivity contribution in [2.75, 3.05) is 0 Å². The van der Waals surface area contributed by atoms with E-state index in [4.69, 9.17) is 37.9 Å². The Kier molecular flexibility index (Phi) is 9.09. The molecule has 3 unspecified atom stereocenters. The Morgan fingerprint density at radius 3 is 1.30 bits per heavy atom. The topological polar surface area (TPSA) is 40.5 Å². The second kappa shape index (κ2) is 10.00. The molecular weight excluding hydrogens is 344 g/mol. The third kappa shape index (κ3) is 5.17. The average molecular weight is 375 g/mol. The summed E-state index contributed by atoms with van der Waals surface area (Å²) in [6.07, 6.45) is 5.56. The van der Waals surface area contributed by atoms with Crippen LogP contribution in [-0.4, -0.2) is 10.2 Å². The average Bonchev–Trinajstić information content (AvgIpc) is 2.46. The molecule has 2 nitrogen and oxygen atoms in total. The fraction of sp³-hybridized carbons (Fsp3) is 0.667. The zero-order chi connectivity index (χ0) is 17.6. The van der Waals surface area contributed by atoms with E-state index < -0.39 is 0 Å². The van der Waals surface area contributed by atoms with Crippen LogP contribution in [0.15, 0.2) is 6.07 Å². The molecule has 1 aromatic rings. The Hall–Kier alpha value is -0.130. The first kappa shape index (κ1) is 20.9. The van der Waals surface area contributed by atoms with Gasteiger partial charge in [0.2, 0.25) is 0 Å². The Bertz CT molecular complexity index is 469. The Balaban J connectivity index is 3.56. The van der Waals surface area contributed by atoms with E-state index in [1.807, 2.05) is 0 Å². The van der Waals surface area contributed by atoms with E-state index in [-0.39, 0.29) is 27.2 Å². The number of thiol groups is 3. The summed E-state index contributed by atoms with van der Waals surface area (Å²) in [6.45, 7) is 6.31. The SMILES string of the molecule is CCCC(S)c1c(O)cc(O)c(C(S)CCC)c1C(S)CCC. The molecule has 0 heterocycles. The number of phenolic OH excluding ortho intramolecular Hbond substituents is 2. The highest BCUT2D eigenvalue weighted by atomic mass is 32.1. The number of aromatic hydroxyl groups is 2. The van der Waals surface area contributed by atoms with Gasteiger partial charge in [0, 0.05) is 32.9 Å². The van der Waals surface area contributed by atoms with Gasteiger partial charge in [0.1, 0.15) is 11.5 Å². The zero-order valence-electron chi connectivity index (χ0n) is 14.3. The van der Waals surface area contributed by atoms with Crippen LogP contribution >= 0.6 is 37.9 Å². The monoisotopic (exact) mass is 374 g/mol. The van der Waals surface area contributed by atoms with Crippen LogP contribution in [-0.2, 0) is 0 Å². The van der Waals surface area contributed by atoms with Crippen LogP contribution in [0, 0.1) is 0 Å². The molecule has 0 fully saturated rings. The zero-order valence-corrected chi connectivity index (χ0v) is 17.0. The molecule has 0 aromatic heterocycles. The minimum Gasteiger partial charge on any atom is -0.507 e. The highest BCUT2D eigenvalue weighted by molar-refractivity contribution is 7.81. The first-order valence-electron chi connectivity index (χ1n) is 8.51. The normalized spacial score (nSPS) is 15.4. The van der Waals surface area contributed by atoms with Gasteiger partial charge in [-0.05, 0) is 24.8 Å². The molecule has 2 N–H and O–H groups in total. The number of hydrogen-bond donors (Lipinski definition) is 5. The maximum atomic E-state index is 10.5. The van der Waals surface area contributed by atoms with Gasteiger partial charge >= 0.3 is 0 Å². The lowest BCUT2D eigenvalue weighted by atomic mass is 9.88. The molecule has 0 aliphatic carbocycles. The van der Waals surface area contributed by atoms with Gasteiger partial charge in [0.05, 0.1) is 0 Å². The fourth-order valence-corrected chi connectivity index (χ4v) is 4.61. The van der Waals surface area contributed by atoms with Crippen molar-refractivity contribution in [2.24, 2.45) is 0 Å². The van der Waals surface area contributed by atoms with E-state index in [1.165, 1.54) is 6.07 Å². The summed E-state index contributed by atoms with van der Waals surface area (Å²) in [4.78, 5) is 0. The molecule has 0 aliphatic rings. The van der Waals surface area contributed by atoms with E-state index in [2.05, 4.69) is 20.8 Å². The van der Waals surface area contributed by atoms with Gasteiger partial charge in [0.15, 0.2) is 0 Å². The van der Waals surface area contributed by atoms with Crippen molar-refractivity contribution >= 4 is 37.9 Å². The lowest BCUT2D eigenvalue weighted by Crippen LogP contribution is -2.08. The van der Waals surface area contributed by atoms with Crippen LogP contribution in [0.25, 0.3) is 0 Å². The van der Waals surface area contributed by atoms with Crippen molar-refractivity contribution in [3.8, 4) is 11.5 Å². The van der Waals surface area contributed by atoms with Gasteiger partial charge in [-0.2, -0.15) is 37.9 Å². The highest BCUT2D eigenvalue weighted by Gasteiger charge is 2.28. The van der Waals surface area contributed by atoms with E-state index in [0.717, 1.165) is 55.2 Å². The van der Waals surface area contributed by atoms with Crippen LogP contribution < -0.4 is 0 Å². The molecule has 132 valence electrons. The maximum Gasteiger partial charge on any atom is 0.123 e. The van der Waals surface area contributed by atoms with Gasteiger partial charge in [-0.15, -0.1) is 0 Å². The van der Waals surface area contributed by atoms with Crippen molar-refractivity contribution in [1.82, 2.24) is 0 Å². The van der Waals surface area contributed by atoms with E-state index in [1.54, 1.807) is 0 Å². The summed E-state index contributed by atoms with van der Waals surface area (Å²) in [6, 6.07) is 1.44. The summed E-state index contributed by atoms with van der Waals surface area (Å²) in [5.74, 6) is 0.226. The molecule has 0 spiro atoms. The van der Waals surface area contributed by atoms with Crippen molar-refractivity contribution in [2.45, 2.75) is 75.0 Å². The van der Waals surface area contributed by atoms with E-state index in [0.29, 0.717) is 0 Å². The second-order valence-corrected chi connectivity index (χ2v) is 7.94. The van der Waals surface area contributed by atoms with E-state index in [9.17, 15) is 10.2 Å². The van der Waals surface area contributed by atoms with Gasteiger partial charge < -0.3 is 10.2 Å². The first-order valence-corrected chi connectivity index (χ1v) is 10.1. The third-order valence-electron chi connectivity index (χ3n) is 4.09. The number of rotatable bonds is 9. The molecule has 0 radical (unpaired) electrons. The Morgan fingerprint density at radius 1 is 0.696 bits per heavy atom. The summed E-state index contributed by atoms with van der Waals surface area (Å²) >= 11 is 14.2. The van der Waals surface area contributed by atoms with Crippen LogP contribution in [0.5, 0.6) is 11.5 Å². The first-order chi connectivity index (χ1) is 10.9. The number of phenols is 2. The minimum atomic E-state index is -0.0667. The molecule has 0 saturated heterocycles. The van der Waals surface area contributed by atoms with Crippen molar-refractivity contribution in [3.63, 3.8) is 0 Å². The quantitative estimate of drug-likeness (QED) is 0.324. The van der Waals surface area contributed by atoms with Crippen LogP contribution in [0.4, 0.5) is 0 Å². The second-order valence-electron chi connectivity index (χ2n) is 6.07. The summed E-state index contributed by atoms with van der Waals surface area (Å²) in [5.41, 5.74) is 2.55. The standard InChI is InChI=1S/C18H30O2S3/c1-4-7-13(21)16-11(19)10-12(20)17(14(22)8-5-2)18(16)15(23)9-6-3/h10,13-15,19-23H,4-9H2,1-3H3. The van der Waals surface area contributed by atoms with Gasteiger partial charge in [-0.3, -0.25) is 0 Å². The lowest BCUT2D eigenvalue weighted by molar-refractivity contribution is 0.437. The molecule has 0 saturated carbocycles. The molecular formula is C18H30O2S3. The molecule has 1 aromatic carbocycles. The van der Waals surface area contributed by atoms with Crippen molar-refractivity contribution in [1.29, 1.82) is 0 Å². The molecule has 3 atom stereocenters. The predicted molar refractivity (Wildman–Crippen MR) is 110 cm³/mol. The number of hydrogen-bond acceptors (Lipinski definition) is 5. The van der Waals surface area contributed by atoms with E-state index >= 15 is 0 Å². The molecule has 5 heteroatoms.